The molecule has 98 valence electrons. The predicted octanol–water partition coefficient (Wildman–Crippen LogP) is 2.37. The van der Waals surface area contributed by atoms with E-state index in [9.17, 15) is 14.0 Å². The Hall–Kier alpha value is -1.46. The predicted molar refractivity (Wildman–Crippen MR) is 63.1 cm³/mol. The fraction of sp³-hybridized carbons (Fsp3) is 0.333. The van der Waals surface area contributed by atoms with Crippen molar-refractivity contribution in [3.63, 3.8) is 0 Å². The average Bonchev–Trinajstić information content (AvgIpc) is 2.33. The quantitative estimate of drug-likeness (QED) is 0.470. The van der Waals surface area contributed by atoms with Gasteiger partial charge in [-0.1, -0.05) is 11.6 Å². The Labute approximate surface area is 109 Å². The monoisotopic (exact) mass is 274 g/mol. The van der Waals surface area contributed by atoms with Crippen molar-refractivity contribution >= 4 is 23.4 Å². The van der Waals surface area contributed by atoms with Crippen LogP contribution in [0.2, 0.25) is 5.02 Å². The second-order valence-corrected chi connectivity index (χ2v) is 3.81. The first-order chi connectivity index (χ1) is 8.51. The molecule has 0 spiro atoms. The molecule has 0 aliphatic rings. The molecule has 18 heavy (non-hydrogen) atoms. The molecule has 0 saturated heterocycles. The Bertz CT molecular complexity index is 450. The first-order valence-electron chi connectivity index (χ1n) is 5.19. The van der Waals surface area contributed by atoms with E-state index in [4.69, 9.17) is 16.3 Å². The second kappa shape index (κ2) is 6.47. The number of ether oxygens (including phenoxy) is 2. The van der Waals surface area contributed by atoms with Crippen LogP contribution in [0.15, 0.2) is 12.1 Å². The van der Waals surface area contributed by atoms with Gasteiger partial charge in [-0.15, -0.1) is 0 Å². The number of benzene rings is 1. The SMILES string of the molecule is CCOC(=O)C(=O)c1cc(F)c(COC)c(Cl)c1. The lowest BCUT2D eigenvalue weighted by molar-refractivity contribution is -0.137. The van der Waals surface area contributed by atoms with Crippen LogP contribution in [0.5, 0.6) is 0 Å². The Kier molecular flexibility index (Phi) is 5.25. The number of halogens is 2. The van der Waals surface area contributed by atoms with Crippen molar-refractivity contribution in [1.29, 1.82) is 0 Å². The number of Topliss-reactive ketones (excluding diaryl/α,β-unsaturated/α-hetero) is 1. The molecule has 0 aliphatic carbocycles. The van der Waals surface area contributed by atoms with Gasteiger partial charge in [0.05, 0.1) is 13.2 Å². The fourth-order valence-electron chi connectivity index (χ4n) is 1.33. The molecule has 4 nitrogen and oxygen atoms in total. The summed E-state index contributed by atoms with van der Waals surface area (Å²) >= 11 is 5.81. The lowest BCUT2D eigenvalue weighted by Crippen LogP contribution is -2.18. The third-order valence-corrected chi connectivity index (χ3v) is 2.49. The zero-order valence-electron chi connectivity index (χ0n) is 9.96. The topological polar surface area (TPSA) is 52.6 Å². The van der Waals surface area contributed by atoms with Gasteiger partial charge >= 0.3 is 5.97 Å². The highest BCUT2D eigenvalue weighted by Gasteiger charge is 2.20. The molecule has 0 fully saturated rings. The normalized spacial score (nSPS) is 10.2. The summed E-state index contributed by atoms with van der Waals surface area (Å²) in [5.74, 6) is -2.66. The first-order valence-corrected chi connectivity index (χ1v) is 5.57. The molecule has 1 rings (SSSR count). The van der Waals surface area contributed by atoms with E-state index in [1.54, 1.807) is 6.92 Å². The molecular formula is C12H12ClFO4. The highest BCUT2D eigenvalue weighted by atomic mass is 35.5. The molecule has 0 aliphatic heterocycles. The lowest BCUT2D eigenvalue weighted by Gasteiger charge is -2.07. The van der Waals surface area contributed by atoms with Gasteiger partial charge in [-0.25, -0.2) is 9.18 Å². The van der Waals surface area contributed by atoms with E-state index in [0.717, 1.165) is 6.07 Å². The molecule has 0 unspecified atom stereocenters. The minimum absolute atomic E-state index is 0.0153. The molecule has 6 heteroatoms. The largest absolute Gasteiger partial charge is 0.460 e. The van der Waals surface area contributed by atoms with E-state index in [2.05, 4.69) is 4.74 Å². The number of hydrogen-bond donors (Lipinski definition) is 0. The minimum Gasteiger partial charge on any atom is -0.460 e. The maximum Gasteiger partial charge on any atom is 0.379 e. The van der Waals surface area contributed by atoms with Crippen molar-refractivity contribution in [3.8, 4) is 0 Å². The van der Waals surface area contributed by atoms with E-state index < -0.39 is 17.6 Å². The molecule has 1 aromatic carbocycles. The van der Waals surface area contributed by atoms with Gasteiger partial charge in [0.1, 0.15) is 5.82 Å². The van der Waals surface area contributed by atoms with E-state index in [1.807, 2.05) is 0 Å². The zero-order chi connectivity index (χ0) is 13.7. The molecule has 0 amide bonds. The molecule has 0 aromatic heterocycles. The van der Waals surface area contributed by atoms with E-state index >= 15 is 0 Å². The minimum atomic E-state index is -1.03. The second-order valence-electron chi connectivity index (χ2n) is 3.40. The van der Waals surface area contributed by atoms with Crippen molar-refractivity contribution in [2.75, 3.05) is 13.7 Å². The summed E-state index contributed by atoms with van der Waals surface area (Å²) in [7, 11) is 1.40. The van der Waals surface area contributed by atoms with Gasteiger partial charge in [-0.3, -0.25) is 4.79 Å². The van der Waals surface area contributed by atoms with Crippen molar-refractivity contribution in [2.45, 2.75) is 13.5 Å². The molecule has 0 atom stereocenters. The number of rotatable bonds is 5. The summed E-state index contributed by atoms with van der Waals surface area (Å²) in [5.41, 5.74) is -0.00428. The lowest BCUT2D eigenvalue weighted by atomic mass is 10.1. The van der Waals surface area contributed by atoms with Crippen LogP contribution in [0.1, 0.15) is 22.8 Å². The molecule has 0 saturated carbocycles. The molecule has 0 heterocycles. The Balaban J connectivity index is 3.06. The highest BCUT2D eigenvalue weighted by Crippen LogP contribution is 2.22. The standard InChI is InChI=1S/C12H12ClFO4/c1-3-18-12(16)11(15)7-4-9(13)8(6-17-2)10(14)5-7/h4-5H,3,6H2,1-2H3. The van der Waals surface area contributed by atoms with Crippen LogP contribution in [0, 0.1) is 5.82 Å². The summed E-state index contributed by atoms with van der Waals surface area (Å²) < 4.78 is 23.0. The number of ketones is 1. The van der Waals surface area contributed by atoms with E-state index in [-0.39, 0.29) is 29.4 Å². The van der Waals surface area contributed by atoms with Crippen molar-refractivity contribution < 1.29 is 23.5 Å². The maximum atomic E-state index is 13.6. The maximum absolute atomic E-state index is 13.6. The van der Waals surface area contributed by atoms with Gasteiger partial charge in [0.25, 0.3) is 5.78 Å². The first kappa shape index (κ1) is 14.6. The Morgan fingerprint density at radius 3 is 2.56 bits per heavy atom. The molecule has 0 bridgehead atoms. The molecule has 0 N–H and O–H groups in total. The van der Waals surface area contributed by atoms with Crippen molar-refractivity contribution in [1.82, 2.24) is 0 Å². The summed E-state index contributed by atoms with van der Waals surface area (Å²) in [6, 6.07) is 2.16. The van der Waals surface area contributed by atoms with Crippen LogP contribution < -0.4 is 0 Å². The van der Waals surface area contributed by atoms with Gasteiger partial charge in [0.2, 0.25) is 0 Å². The van der Waals surface area contributed by atoms with Crippen LogP contribution in [0.4, 0.5) is 4.39 Å². The van der Waals surface area contributed by atoms with Crippen LogP contribution in [0.3, 0.4) is 0 Å². The molecule has 1 aromatic rings. The summed E-state index contributed by atoms with van der Waals surface area (Å²) in [6.07, 6.45) is 0. The van der Waals surface area contributed by atoms with Crippen LogP contribution >= 0.6 is 11.6 Å². The summed E-state index contributed by atoms with van der Waals surface area (Å²) in [5, 5.41) is 0.0319. The van der Waals surface area contributed by atoms with Crippen LogP contribution in [-0.2, 0) is 20.9 Å². The van der Waals surface area contributed by atoms with Gasteiger partial charge in [-0.2, -0.15) is 0 Å². The van der Waals surface area contributed by atoms with E-state index in [0.29, 0.717) is 0 Å². The highest BCUT2D eigenvalue weighted by molar-refractivity contribution is 6.41. The number of hydrogen-bond acceptors (Lipinski definition) is 4. The zero-order valence-corrected chi connectivity index (χ0v) is 10.7. The van der Waals surface area contributed by atoms with Crippen LogP contribution in [-0.4, -0.2) is 25.5 Å². The van der Waals surface area contributed by atoms with Gasteiger partial charge < -0.3 is 9.47 Å². The van der Waals surface area contributed by atoms with Gasteiger partial charge in [-0.05, 0) is 19.1 Å². The van der Waals surface area contributed by atoms with Gasteiger partial charge in [0, 0.05) is 23.3 Å². The summed E-state index contributed by atoms with van der Waals surface area (Å²) in [4.78, 5) is 22.8. The smallest absolute Gasteiger partial charge is 0.379 e. The number of carbonyl (C=O) groups excluding carboxylic acids is 2. The average molecular weight is 275 g/mol. The van der Waals surface area contributed by atoms with E-state index in [1.165, 1.54) is 13.2 Å². The Morgan fingerprint density at radius 2 is 2.06 bits per heavy atom. The Morgan fingerprint density at radius 1 is 1.39 bits per heavy atom. The fourth-order valence-corrected chi connectivity index (χ4v) is 1.59. The van der Waals surface area contributed by atoms with Gasteiger partial charge in [0.15, 0.2) is 0 Å². The van der Waals surface area contributed by atoms with Crippen LogP contribution in [0.25, 0.3) is 0 Å². The van der Waals surface area contributed by atoms with Crippen molar-refractivity contribution in [2.24, 2.45) is 0 Å². The number of esters is 1. The number of carbonyl (C=O) groups is 2. The summed E-state index contributed by atoms with van der Waals surface area (Å²) in [6.45, 7) is 1.63. The van der Waals surface area contributed by atoms with Crippen molar-refractivity contribution in [3.05, 3.63) is 34.1 Å². The molecular weight excluding hydrogens is 263 g/mol. The third-order valence-electron chi connectivity index (χ3n) is 2.15. The molecule has 0 radical (unpaired) electrons. The number of methoxy groups -OCH3 is 1. The third kappa shape index (κ3) is 3.27.